The molecule has 4 aromatic heterocycles. The van der Waals surface area contributed by atoms with Crippen molar-refractivity contribution in [2.75, 3.05) is 0 Å². The molecule has 0 fully saturated rings. The molecule has 10 aromatic rings. The maximum absolute atomic E-state index is 5.06. The van der Waals surface area contributed by atoms with Crippen molar-refractivity contribution in [2.24, 2.45) is 0 Å². The molecule has 0 saturated heterocycles. The smallest absolute Gasteiger partial charge is 0.267 e. The number of aromatic amines is 1. The molecule has 6 nitrogen and oxygen atoms in total. The summed E-state index contributed by atoms with van der Waals surface area (Å²) in [5, 5.41) is 2.41. The molecule has 0 spiro atoms. The Kier molecular flexibility index (Phi) is 7.03. The number of para-hydroxylation sites is 4. The van der Waals surface area contributed by atoms with Gasteiger partial charge in [-0.1, -0.05) is 97.1 Å². The second-order valence-corrected chi connectivity index (χ2v) is 12.9. The Hall–Kier alpha value is -7.18. The van der Waals surface area contributed by atoms with E-state index in [1.54, 1.807) is 0 Å². The molecule has 0 aliphatic carbocycles. The van der Waals surface area contributed by atoms with Crippen LogP contribution in [0.15, 0.2) is 182 Å². The van der Waals surface area contributed by atoms with Gasteiger partial charge in [0, 0.05) is 23.4 Å². The quantitative estimate of drug-likeness (QED) is 0.180. The molecule has 0 aliphatic heterocycles. The van der Waals surface area contributed by atoms with Gasteiger partial charge in [-0.05, 0) is 99.8 Å². The van der Waals surface area contributed by atoms with Crippen molar-refractivity contribution in [3.63, 3.8) is 0 Å². The summed E-state index contributed by atoms with van der Waals surface area (Å²) in [4.78, 5) is 18.1. The Morgan fingerprint density at radius 3 is 1.79 bits per heavy atom. The predicted molar refractivity (Wildman–Crippen MR) is 209 cm³/mol. The first-order valence-corrected chi connectivity index (χ1v) is 17.4. The zero-order chi connectivity index (χ0) is 34.4. The lowest BCUT2D eigenvalue weighted by Crippen LogP contribution is -2.33. The van der Waals surface area contributed by atoms with Gasteiger partial charge in [0.2, 0.25) is 5.82 Å². The molecule has 0 unspecified atom stereocenters. The van der Waals surface area contributed by atoms with E-state index in [1.165, 1.54) is 21.9 Å². The van der Waals surface area contributed by atoms with Crippen LogP contribution >= 0.6 is 0 Å². The van der Waals surface area contributed by atoms with Crippen molar-refractivity contribution >= 4 is 32.8 Å². The Labute approximate surface area is 300 Å². The lowest BCUT2D eigenvalue weighted by molar-refractivity contribution is -0.559. The molecule has 0 radical (unpaired) electrons. The fourth-order valence-corrected chi connectivity index (χ4v) is 7.27. The highest BCUT2D eigenvalue weighted by Crippen LogP contribution is 2.38. The summed E-state index contributed by atoms with van der Waals surface area (Å²) in [7, 11) is 0. The average molecular weight is 668 g/mol. The fourth-order valence-electron chi connectivity index (χ4n) is 7.27. The van der Waals surface area contributed by atoms with Crippen LogP contribution in [-0.2, 0) is 0 Å². The molecule has 6 heteroatoms. The van der Waals surface area contributed by atoms with E-state index < -0.39 is 0 Å². The number of nitrogens with zero attached hydrogens (tertiary/aromatic N) is 5. The number of imidazole rings is 2. The zero-order valence-electron chi connectivity index (χ0n) is 28.1. The van der Waals surface area contributed by atoms with E-state index in [-0.39, 0.29) is 0 Å². The van der Waals surface area contributed by atoms with Gasteiger partial charge in [0.05, 0.1) is 11.0 Å². The third-order valence-electron chi connectivity index (χ3n) is 9.75. The van der Waals surface area contributed by atoms with Crippen LogP contribution in [0, 0.1) is 0 Å². The van der Waals surface area contributed by atoms with Gasteiger partial charge >= 0.3 is 0 Å². The lowest BCUT2D eigenvalue weighted by atomic mass is 9.90. The van der Waals surface area contributed by atoms with Gasteiger partial charge in [0.25, 0.3) is 5.82 Å². The number of fused-ring (bicyclic) bond motifs is 3. The largest absolute Gasteiger partial charge is 0.276 e. The van der Waals surface area contributed by atoms with E-state index in [0.717, 1.165) is 67.6 Å². The molecule has 52 heavy (non-hydrogen) atoms. The summed E-state index contributed by atoms with van der Waals surface area (Å²) in [6.45, 7) is 0. The Bertz CT molecular complexity index is 2670. The monoisotopic (exact) mass is 667 g/mol. The van der Waals surface area contributed by atoms with Gasteiger partial charge < -0.3 is 0 Å². The summed E-state index contributed by atoms with van der Waals surface area (Å²) in [6.07, 6.45) is 3.66. The number of H-pyrrole nitrogens is 1. The summed E-state index contributed by atoms with van der Waals surface area (Å²) in [6, 6.07) is 59.3. The Morgan fingerprint density at radius 2 is 1.10 bits per heavy atom. The third kappa shape index (κ3) is 5.05. The highest BCUT2D eigenvalue weighted by molar-refractivity contribution is 5.97. The molecular formula is C46H31N6+. The number of benzene rings is 6. The number of hydrogen-bond donors (Lipinski definition) is 1. The van der Waals surface area contributed by atoms with Gasteiger partial charge in [0.1, 0.15) is 28.9 Å². The molecule has 10 rings (SSSR count). The first kappa shape index (κ1) is 29.7. The maximum atomic E-state index is 5.06. The fraction of sp³-hybridized carbons (Fsp3) is 0. The molecule has 0 atom stereocenters. The van der Waals surface area contributed by atoms with E-state index >= 15 is 0 Å². The van der Waals surface area contributed by atoms with Crippen LogP contribution in [-0.4, -0.2) is 24.5 Å². The maximum Gasteiger partial charge on any atom is 0.267 e. The molecular weight excluding hydrogens is 637 g/mol. The van der Waals surface area contributed by atoms with E-state index in [9.17, 15) is 0 Å². The van der Waals surface area contributed by atoms with E-state index in [4.69, 9.17) is 4.98 Å². The van der Waals surface area contributed by atoms with Crippen molar-refractivity contribution in [2.45, 2.75) is 0 Å². The van der Waals surface area contributed by atoms with Crippen molar-refractivity contribution in [1.29, 1.82) is 0 Å². The topological polar surface area (TPSA) is 63.3 Å². The van der Waals surface area contributed by atoms with Crippen molar-refractivity contribution in [3.8, 4) is 56.7 Å². The highest BCUT2D eigenvalue weighted by Gasteiger charge is 2.21. The minimum absolute atomic E-state index is 0.841. The number of nitrogens with one attached hydrogen (secondary N) is 1. The third-order valence-corrected chi connectivity index (χ3v) is 9.75. The van der Waals surface area contributed by atoms with Crippen LogP contribution in [0.5, 0.6) is 0 Å². The van der Waals surface area contributed by atoms with Crippen LogP contribution in [0.4, 0.5) is 0 Å². The Morgan fingerprint density at radius 1 is 0.500 bits per heavy atom. The minimum atomic E-state index is 0.841. The summed E-state index contributed by atoms with van der Waals surface area (Å²) in [5.41, 5.74) is 10.8. The molecule has 1 N–H and O–H groups in total. The summed E-state index contributed by atoms with van der Waals surface area (Å²) >= 11 is 0. The molecule has 0 aliphatic rings. The van der Waals surface area contributed by atoms with E-state index in [2.05, 4.69) is 145 Å². The predicted octanol–water partition coefficient (Wildman–Crippen LogP) is 10.4. The summed E-state index contributed by atoms with van der Waals surface area (Å²) < 4.78 is 4.33. The lowest BCUT2D eigenvalue weighted by Gasteiger charge is -2.14. The van der Waals surface area contributed by atoms with Crippen LogP contribution in [0.1, 0.15) is 0 Å². The molecule has 0 bridgehead atoms. The second-order valence-electron chi connectivity index (χ2n) is 12.9. The average Bonchev–Trinajstić information content (AvgIpc) is 3.81. The second kappa shape index (κ2) is 12.3. The van der Waals surface area contributed by atoms with Crippen molar-refractivity contribution < 1.29 is 4.57 Å². The minimum Gasteiger partial charge on any atom is -0.276 e. The molecule has 0 saturated carbocycles. The van der Waals surface area contributed by atoms with Crippen molar-refractivity contribution in [3.05, 3.63) is 182 Å². The van der Waals surface area contributed by atoms with Crippen molar-refractivity contribution in [1.82, 2.24) is 24.5 Å². The van der Waals surface area contributed by atoms with Gasteiger partial charge in [-0.15, -0.1) is 4.98 Å². The van der Waals surface area contributed by atoms with E-state index in [1.807, 2.05) is 60.9 Å². The van der Waals surface area contributed by atoms with Crippen LogP contribution in [0.2, 0.25) is 0 Å². The molecule has 6 aromatic carbocycles. The van der Waals surface area contributed by atoms with Gasteiger partial charge in [-0.2, -0.15) is 4.57 Å². The molecule has 244 valence electrons. The SMILES string of the molecule is c1ccc(-n2c(-c3ccc(-c4cc5ccccc5cc4-c4ccc(-c5[nH]c6ccccc6[n+]5-c5ccccn5)cc4)cc3)nc3ccccc32)nc1. The van der Waals surface area contributed by atoms with Gasteiger partial charge in [-0.25, -0.2) is 9.97 Å². The first-order valence-electron chi connectivity index (χ1n) is 17.4. The normalized spacial score (nSPS) is 11.5. The molecule has 0 amide bonds. The standard InChI is InChI=1S/C46H30N6/c1-2-12-36-30-38(32-21-25-34(26-22-32)46-50-40-14-4-6-16-42(40)52(46)44-18-8-10-28-48-44)37(29-35(36)11-1)31-19-23-33(24-20-31)45-49-39-13-3-5-15-41(39)51(45)43-17-7-9-27-47-43/h1-30H/p+1. The van der Waals surface area contributed by atoms with E-state index in [0.29, 0.717) is 0 Å². The number of aromatic nitrogens is 6. The van der Waals surface area contributed by atoms with Crippen LogP contribution in [0.25, 0.3) is 89.5 Å². The Balaban J connectivity index is 1.07. The van der Waals surface area contributed by atoms with Gasteiger partial charge in [-0.3, -0.25) is 9.55 Å². The molecule has 4 heterocycles. The number of rotatable bonds is 6. The summed E-state index contributed by atoms with van der Waals surface area (Å²) in [5.74, 6) is 3.56. The van der Waals surface area contributed by atoms with Crippen LogP contribution < -0.4 is 4.57 Å². The highest BCUT2D eigenvalue weighted by atomic mass is 15.1. The van der Waals surface area contributed by atoms with Crippen LogP contribution in [0.3, 0.4) is 0 Å². The first-order chi connectivity index (χ1) is 25.8. The number of pyridine rings is 2. The van der Waals surface area contributed by atoms with Gasteiger partial charge in [0.15, 0.2) is 0 Å². The number of hydrogen-bond acceptors (Lipinski definition) is 3. The zero-order valence-corrected chi connectivity index (χ0v) is 28.1.